The molecule has 2 aliphatic rings. The molecule has 17 heavy (non-hydrogen) atoms. The van der Waals surface area contributed by atoms with Gasteiger partial charge in [0, 0.05) is 24.2 Å². The summed E-state index contributed by atoms with van der Waals surface area (Å²) < 4.78 is 0. The fourth-order valence-corrected chi connectivity index (χ4v) is 2.19. The minimum Gasteiger partial charge on any atom is -0.384 e. The average Bonchev–Trinajstić information content (AvgIpc) is 2.30. The summed E-state index contributed by atoms with van der Waals surface area (Å²) in [6.07, 6.45) is 12.7. The third kappa shape index (κ3) is 1.82. The zero-order valence-electron chi connectivity index (χ0n) is 9.44. The van der Waals surface area contributed by atoms with Crippen molar-refractivity contribution >= 4 is 23.6 Å². The fraction of sp³-hybridized carbons (Fsp3) is 0.133. The van der Waals surface area contributed by atoms with Crippen molar-refractivity contribution in [2.75, 3.05) is 11.9 Å². The number of hydrogen-bond donors (Lipinski definition) is 1. The van der Waals surface area contributed by atoms with Crippen LogP contribution in [0.5, 0.6) is 0 Å². The standard InChI is InChI=1S/C15H13NO/c17-15-7-8-16-14-10-12-6-4-2-1-3-5-11(12)9-13(14)15/h1-6,9-10,16H,7-8H2/b2-1-,3-1?,4-2?,5-3-,6-4-,11-5?,12-6?. The van der Waals surface area contributed by atoms with E-state index in [1.54, 1.807) is 0 Å². The second-order valence-corrected chi connectivity index (χ2v) is 4.23. The van der Waals surface area contributed by atoms with Gasteiger partial charge in [0.05, 0.1) is 0 Å². The molecule has 0 amide bonds. The quantitative estimate of drug-likeness (QED) is 0.731. The van der Waals surface area contributed by atoms with Crippen LogP contribution in [0.4, 0.5) is 5.69 Å². The van der Waals surface area contributed by atoms with Crippen LogP contribution in [-0.4, -0.2) is 12.3 Å². The largest absolute Gasteiger partial charge is 0.384 e. The predicted octanol–water partition coefficient (Wildman–Crippen LogP) is 3.28. The third-order valence-corrected chi connectivity index (χ3v) is 3.08. The molecule has 2 heteroatoms. The average molecular weight is 223 g/mol. The van der Waals surface area contributed by atoms with E-state index in [9.17, 15) is 4.79 Å². The lowest BCUT2D eigenvalue weighted by Gasteiger charge is -2.19. The molecule has 1 N–H and O–H groups in total. The second kappa shape index (κ2) is 4.06. The van der Waals surface area contributed by atoms with Crippen molar-refractivity contribution < 1.29 is 4.79 Å². The SMILES string of the molecule is O=C1CCNc2cc3c(cc21)\C=C/C=C\C=C/3. The molecule has 0 spiro atoms. The first kappa shape index (κ1) is 10.1. The molecular formula is C15H13NO. The highest BCUT2D eigenvalue weighted by Gasteiger charge is 2.18. The van der Waals surface area contributed by atoms with Crippen LogP contribution in [0.1, 0.15) is 27.9 Å². The van der Waals surface area contributed by atoms with Crippen LogP contribution in [0.2, 0.25) is 0 Å². The van der Waals surface area contributed by atoms with Crippen LogP contribution in [0.25, 0.3) is 12.2 Å². The normalized spacial score (nSPS) is 22.5. The molecule has 1 aromatic carbocycles. The number of carbonyl (C=O) groups is 1. The van der Waals surface area contributed by atoms with Gasteiger partial charge in [-0.05, 0) is 23.3 Å². The summed E-state index contributed by atoms with van der Waals surface area (Å²) in [7, 11) is 0. The number of allylic oxidation sites excluding steroid dienone is 4. The van der Waals surface area contributed by atoms with Gasteiger partial charge in [0.1, 0.15) is 0 Å². The van der Waals surface area contributed by atoms with Crippen molar-refractivity contribution in [1.29, 1.82) is 0 Å². The molecule has 1 aliphatic heterocycles. The van der Waals surface area contributed by atoms with Crippen LogP contribution >= 0.6 is 0 Å². The highest BCUT2D eigenvalue weighted by atomic mass is 16.1. The zero-order chi connectivity index (χ0) is 11.7. The lowest BCUT2D eigenvalue weighted by Crippen LogP contribution is -2.18. The van der Waals surface area contributed by atoms with Crippen LogP contribution in [-0.2, 0) is 0 Å². The highest BCUT2D eigenvalue weighted by molar-refractivity contribution is 6.04. The van der Waals surface area contributed by atoms with E-state index in [2.05, 4.69) is 17.5 Å². The fourth-order valence-electron chi connectivity index (χ4n) is 2.19. The van der Waals surface area contributed by atoms with Crippen molar-refractivity contribution in [3.8, 4) is 0 Å². The maximum atomic E-state index is 11.8. The molecule has 3 rings (SSSR count). The molecule has 0 aromatic heterocycles. The Morgan fingerprint density at radius 2 is 1.65 bits per heavy atom. The molecule has 0 atom stereocenters. The molecule has 0 bridgehead atoms. The smallest absolute Gasteiger partial charge is 0.166 e. The Hall–Kier alpha value is -2.09. The third-order valence-electron chi connectivity index (χ3n) is 3.08. The number of fused-ring (bicyclic) bond motifs is 2. The molecule has 0 saturated heterocycles. The lowest BCUT2D eigenvalue weighted by atomic mass is 9.95. The first-order valence-electron chi connectivity index (χ1n) is 5.81. The van der Waals surface area contributed by atoms with Crippen LogP contribution in [0, 0.1) is 0 Å². The first-order chi connectivity index (χ1) is 8.34. The van der Waals surface area contributed by atoms with Gasteiger partial charge in [0.25, 0.3) is 0 Å². The topological polar surface area (TPSA) is 29.1 Å². The van der Waals surface area contributed by atoms with Gasteiger partial charge in [-0.15, -0.1) is 0 Å². The molecule has 84 valence electrons. The van der Waals surface area contributed by atoms with Crippen LogP contribution in [0.15, 0.2) is 36.4 Å². The summed E-state index contributed by atoms with van der Waals surface area (Å²) in [6, 6.07) is 4.04. The summed E-state index contributed by atoms with van der Waals surface area (Å²) in [5.74, 6) is 0.233. The van der Waals surface area contributed by atoms with E-state index in [1.807, 2.05) is 36.4 Å². The van der Waals surface area contributed by atoms with Gasteiger partial charge < -0.3 is 5.32 Å². The zero-order valence-corrected chi connectivity index (χ0v) is 9.44. The Morgan fingerprint density at radius 3 is 2.41 bits per heavy atom. The summed E-state index contributed by atoms with van der Waals surface area (Å²) in [5, 5.41) is 3.28. The first-order valence-corrected chi connectivity index (χ1v) is 5.81. The summed E-state index contributed by atoms with van der Waals surface area (Å²) >= 11 is 0. The summed E-state index contributed by atoms with van der Waals surface area (Å²) in [4.78, 5) is 11.8. The molecular weight excluding hydrogens is 210 g/mol. The number of ketones is 1. The van der Waals surface area contributed by atoms with Gasteiger partial charge in [-0.1, -0.05) is 36.5 Å². The lowest BCUT2D eigenvalue weighted by molar-refractivity contribution is 0.0983. The van der Waals surface area contributed by atoms with Crippen molar-refractivity contribution in [1.82, 2.24) is 0 Å². The molecule has 2 nitrogen and oxygen atoms in total. The van der Waals surface area contributed by atoms with Crippen LogP contribution < -0.4 is 5.32 Å². The maximum Gasteiger partial charge on any atom is 0.166 e. The van der Waals surface area contributed by atoms with Gasteiger partial charge in [-0.3, -0.25) is 4.79 Å². The number of Topliss-reactive ketones (excluding diaryl/α,β-unsaturated/α-hetero) is 1. The Bertz CT molecular complexity index is 565. The maximum absolute atomic E-state index is 11.8. The van der Waals surface area contributed by atoms with E-state index >= 15 is 0 Å². The number of nitrogens with one attached hydrogen (secondary N) is 1. The Kier molecular flexibility index (Phi) is 2.41. The number of carbonyl (C=O) groups excluding carboxylic acids is 1. The predicted molar refractivity (Wildman–Crippen MR) is 71.1 cm³/mol. The van der Waals surface area contributed by atoms with Gasteiger partial charge >= 0.3 is 0 Å². The molecule has 0 fully saturated rings. The van der Waals surface area contributed by atoms with Gasteiger partial charge in [-0.25, -0.2) is 0 Å². The van der Waals surface area contributed by atoms with E-state index in [4.69, 9.17) is 0 Å². The van der Waals surface area contributed by atoms with Gasteiger partial charge in [-0.2, -0.15) is 0 Å². The van der Waals surface area contributed by atoms with Crippen molar-refractivity contribution in [3.05, 3.63) is 53.1 Å². The highest BCUT2D eigenvalue weighted by Crippen LogP contribution is 2.28. The Balaban J connectivity index is 2.18. The number of anilines is 1. The van der Waals surface area contributed by atoms with Crippen molar-refractivity contribution in [2.45, 2.75) is 6.42 Å². The van der Waals surface area contributed by atoms with Crippen molar-refractivity contribution in [3.63, 3.8) is 0 Å². The molecule has 0 saturated carbocycles. The van der Waals surface area contributed by atoms with Crippen molar-refractivity contribution in [2.24, 2.45) is 0 Å². The molecule has 0 radical (unpaired) electrons. The minimum absolute atomic E-state index is 0.233. The number of hydrogen-bond acceptors (Lipinski definition) is 2. The van der Waals surface area contributed by atoms with E-state index < -0.39 is 0 Å². The minimum atomic E-state index is 0.233. The van der Waals surface area contributed by atoms with E-state index in [-0.39, 0.29) is 5.78 Å². The van der Waals surface area contributed by atoms with E-state index in [0.29, 0.717) is 6.42 Å². The van der Waals surface area contributed by atoms with E-state index in [1.165, 1.54) is 0 Å². The van der Waals surface area contributed by atoms with Gasteiger partial charge in [0.2, 0.25) is 0 Å². The summed E-state index contributed by atoms with van der Waals surface area (Å²) in [5.41, 5.74) is 4.02. The number of rotatable bonds is 0. The molecule has 1 heterocycles. The molecule has 0 unspecified atom stereocenters. The number of benzene rings is 1. The second-order valence-electron chi connectivity index (χ2n) is 4.23. The van der Waals surface area contributed by atoms with Gasteiger partial charge in [0.15, 0.2) is 5.78 Å². The Morgan fingerprint density at radius 1 is 0.941 bits per heavy atom. The van der Waals surface area contributed by atoms with E-state index in [0.717, 1.165) is 28.9 Å². The Labute approximate surface area is 100 Å². The van der Waals surface area contributed by atoms with Crippen LogP contribution in [0.3, 0.4) is 0 Å². The monoisotopic (exact) mass is 223 g/mol. The molecule has 1 aliphatic carbocycles. The summed E-state index contributed by atoms with van der Waals surface area (Å²) in [6.45, 7) is 0.740. The molecule has 1 aromatic rings.